The van der Waals surface area contributed by atoms with E-state index in [1.165, 1.54) is 11.3 Å². The molecule has 0 spiro atoms. The molecule has 0 saturated carbocycles. The molecule has 0 atom stereocenters. The highest BCUT2D eigenvalue weighted by Gasteiger charge is 2.13. The molecule has 128 valence electrons. The van der Waals surface area contributed by atoms with Crippen molar-refractivity contribution in [1.82, 2.24) is 10.6 Å². The molecule has 0 bridgehead atoms. The van der Waals surface area contributed by atoms with Gasteiger partial charge in [-0.15, -0.1) is 11.3 Å². The van der Waals surface area contributed by atoms with E-state index in [0.717, 1.165) is 47.9 Å². The summed E-state index contributed by atoms with van der Waals surface area (Å²) in [5, 5.41) is 8.23. The molecular formula is C18H22N2O3S. The molecule has 0 radical (unpaired) electrons. The number of rotatable bonds is 7. The summed E-state index contributed by atoms with van der Waals surface area (Å²) in [7, 11) is 0. The number of carbonyl (C=O) groups is 1. The van der Waals surface area contributed by atoms with E-state index in [0.29, 0.717) is 19.8 Å². The van der Waals surface area contributed by atoms with Gasteiger partial charge in [0.15, 0.2) is 11.5 Å². The maximum Gasteiger partial charge on any atom is 0.261 e. The topological polar surface area (TPSA) is 59.6 Å². The number of nitrogens with one attached hydrogen (secondary N) is 2. The monoisotopic (exact) mass is 346 g/mol. The molecular weight excluding hydrogens is 324 g/mol. The average Bonchev–Trinajstić information content (AvgIpc) is 3.03. The van der Waals surface area contributed by atoms with Gasteiger partial charge in [-0.05, 0) is 30.5 Å². The summed E-state index contributed by atoms with van der Waals surface area (Å²) in [5.41, 5.74) is 1.11. The highest BCUT2D eigenvalue weighted by atomic mass is 32.1. The molecule has 0 fully saturated rings. The molecule has 5 nitrogen and oxygen atoms in total. The molecule has 1 aliphatic rings. The van der Waals surface area contributed by atoms with E-state index in [4.69, 9.17) is 9.47 Å². The van der Waals surface area contributed by atoms with Gasteiger partial charge in [0, 0.05) is 25.1 Å². The third kappa shape index (κ3) is 4.49. The van der Waals surface area contributed by atoms with Crippen LogP contribution in [-0.4, -0.2) is 32.2 Å². The van der Waals surface area contributed by atoms with E-state index in [-0.39, 0.29) is 5.91 Å². The summed E-state index contributed by atoms with van der Waals surface area (Å²) < 4.78 is 11.5. The molecule has 2 aromatic rings. The van der Waals surface area contributed by atoms with Gasteiger partial charge in [0.05, 0.1) is 18.1 Å². The quantitative estimate of drug-likeness (QED) is 0.757. The van der Waals surface area contributed by atoms with Gasteiger partial charge in [-0.3, -0.25) is 4.79 Å². The van der Waals surface area contributed by atoms with Gasteiger partial charge >= 0.3 is 0 Å². The number of para-hydroxylation sites is 1. The Morgan fingerprint density at radius 1 is 1.12 bits per heavy atom. The Balaban J connectivity index is 1.39. The number of benzene rings is 1. The summed E-state index contributed by atoms with van der Waals surface area (Å²) >= 11 is 1.46. The Morgan fingerprint density at radius 3 is 2.92 bits per heavy atom. The fourth-order valence-corrected chi connectivity index (χ4v) is 3.17. The van der Waals surface area contributed by atoms with Crippen molar-refractivity contribution in [1.29, 1.82) is 0 Å². The number of hydrogen-bond acceptors (Lipinski definition) is 5. The van der Waals surface area contributed by atoms with Crippen LogP contribution in [-0.2, 0) is 6.54 Å². The molecule has 6 heteroatoms. The van der Waals surface area contributed by atoms with E-state index >= 15 is 0 Å². The molecule has 0 saturated heterocycles. The van der Waals surface area contributed by atoms with Crippen molar-refractivity contribution in [3.05, 3.63) is 46.2 Å². The number of ether oxygens (including phenoxy) is 2. The van der Waals surface area contributed by atoms with Crippen LogP contribution in [0.3, 0.4) is 0 Å². The van der Waals surface area contributed by atoms with Crippen molar-refractivity contribution < 1.29 is 14.3 Å². The van der Waals surface area contributed by atoms with Gasteiger partial charge in [-0.2, -0.15) is 0 Å². The molecule has 1 aromatic carbocycles. The van der Waals surface area contributed by atoms with Crippen LogP contribution in [0.25, 0.3) is 0 Å². The van der Waals surface area contributed by atoms with E-state index in [1.807, 2.05) is 29.6 Å². The zero-order chi connectivity index (χ0) is 16.6. The first kappa shape index (κ1) is 16.8. The fourth-order valence-electron chi connectivity index (χ4n) is 2.53. The predicted octanol–water partition coefficient (Wildman–Crippen LogP) is 2.82. The van der Waals surface area contributed by atoms with E-state index in [1.54, 1.807) is 0 Å². The molecule has 1 aromatic heterocycles. The highest BCUT2D eigenvalue weighted by Crippen LogP contribution is 2.33. The van der Waals surface area contributed by atoms with Gasteiger partial charge in [-0.25, -0.2) is 0 Å². The van der Waals surface area contributed by atoms with Crippen LogP contribution in [0.5, 0.6) is 11.5 Å². The minimum atomic E-state index is 0.00364. The Morgan fingerprint density at radius 2 is 2.04 bits per heavy atom. The van der Waals surface area contributed by atoms with Crippen LogP contribution in [0.1, 0.15) is 28.1 Å². The van der Waals surface area contributed by atoms with Crippen LogP contribution in [0.4, 0.5) is 0 Å². The van der Waals surface area contributed by atoms with Gasteiger partial charge in [0.2, 0.25) is 0 Å². The lowest BCUT2D eigenvalue weighted by atomic mass is 10.2. The van der Waals surface area contributed by atoms with Crippen LogP contribution in [0.2, 0.25) is 0 Å². The van der Waals surface area contributed by atoms with Crippen LogP contribution in [0.15, 0.2) is 35.7 Å². The zero-order valence-corrected chi connectivity index (χ0v) is 14.4. The van der Waals surface area contributed by atoms with Gasteiger partial charge in [0.1, 0.15) is 0 Å². The first-order chi connectivity index (χ1) is 11.8. The van der Waals surface area contributed by atoms with Gasteiger partial charge < -0.3 is 20.1 Å². The SMILES string of the molecule is O=C(NCCCNCc1cccc2c1OCCCO2)c1cccs1. The van der Waals surface area contributed by atoms with Crippen LogP contribution < -0.4 is 20.1 Å². The van der Waals surface area contributed by atoms with E-state index in [9.17, 15) is 4.79 Å². The van der Waals surface area contributed by atoms with E-state index in [2.05, 4.69) is 16.7 Å². The van der Waals surface area contributed by atoms with Crippen molar-refractivity contribution in [2.45, 2.75) is 19.4 Å². The summed E-state index contributed by atoms with van der Waals surface area (Å²) in [6, 6.07) is 9.71. The molecule has 2 heterocycles. The Bertz CT molecular complexity index is 658. The van der Waals surface area contributed by atoms with Crippen molar-refractivity contribution >= 4 is 17.2 Å². The number of carbonyl (C=O) groups excluding carboxylic acids is 1. The van der Waals surface area contributed by atoms with Gasteiger partial charge in [-0.1, -0.05) is 18.2 Å². The Labute approximate surface area is 146 Å². The lowest BCUT2D eigenvalue weighted by Gasteiger charge is -2.13. The van der Waals surface area contributed by atoms with Crippen LogP contribution >= 0.6 is 11.3 Å². The first-order valence-corrected chi connectivity index (χ1v) is 9.12. The number of fused-ring (bicyclic) bond motifs is 1. The Kier molecular flexibility index (Phi) is 6.09. The van der Waals surface area contributed by atoms with Crippen molar-refractivity contribution in [3.8, 4) is 11.5 Å². The minimum Gasteiger partial charge on any atom is -0.490 e. The second kappa shape index (κ2) is 8.70. The summed E-state index contributed by atoms with van der Waals surface area (Å²) in [4.78, 5) is 12.6. The summed E-state index contributed by atoms with van der Waals surface area (Å²) in [6.45, 7) is 3.61. The third-order valence-electron chi connectivity index (χ3n) is 3.73. The lowest BCUT2D eigenvalue weighted by molar-refractivity contribution is 0.0957. The smallest absolute Gasteiger partial charge is 0.261 e. The molecule has 24 heavy (non-hydrogen) atoms. The average molecular weight is 346 g/mol. The van der Waals surface area contributed by atoms with Gasteiger partial charge in [0.25, 0.3) is 5.91 Å². The zero-order valence-electron chi connectivity index (χ0n) is 13.5. The highest BCUT2D eigenvalue weighted by molar-refractivity contribution is 7.12. The number of thiophene rings is 1. The lowest BCUT2D eigenvalue weighted by Crippen LogP contribution is -2.26. The number of amides is 1. The second-order valence-corrected chi connectivity index (χ2v) is 6.51. The van der Waals surface area contributed by atoms with Crippen molar-refractivity contribution in [3.63, 3.8) is 0 Å². The fraction of sp³-hybridized carbons (Fsp3) is 0.389. The summed E-state index contributed by atoms with van der Waals surface area (Å²) in [5.74, 6) is 1.69. The molecule has 2 N–H and O–H groups in total. The molecule has 1 amide bonds. The van der Waals surface area contributed by atoms with Crippen molar-refractivity contribution in [2.24, 2.45) is 0 Å². The molecule has 3 rings (SSSR count). The maximum absolute atomic E-state index is 11.8. The van der Waals surface area contributed by atoms with E-state index < -0.39 is 0 Å². The second-order valence-electron chi connectivity index (χ2n) is 5.56. The number of hydrogen-bond donors (Lipinski definition) is 2. The summed E-state index contributed by atoms with van der Waals surface area (Å²) in [6.07, 6.45) is 1.79. The maximum atomic E-state index is 11.8. The Hall–Kier alpha value is -2.05. The first-order valence-electron chi connectivity index (χ1n) is 8.24. The molecule has 0 unspecified atom stereocenters. The van der Waals surface area contributed by atoms with Crippen LogP contribution in [0, 0.1) is 0 Å². The van der Waals surface area contributed by atoms with Crippen molar-refractivity contribution in [2.75, 3.05) is 26.3 Å². The standard InChI is InChI=1S/C18H22N2O3S/c21-18(16-7-2-12-24-16)20-9-3-8-19-13-14-5-1-6-15-17(14)23-11-4-10-22-15/h1-2,5-7,12,19H,3-4,8-11,13H2,(H,20,21). The molecule has 1 aliphatic heterocycles. The largest absolute Gasteiger partial charge is 0.490 e. The predicted molar refractivity (Wildman–Crippen MR) is 95.0 cm³/mol. The normalized spacial score (nSPS) is 13.3. The molecule has 0 aliphatic carbocycles. The minimum absolute atomic E-state index is 0.00364. The third-order valence-corrected chi connectivity index (χ3v) is 4.60.